The zero-order valence-corrected chi connectivity index (χ0v) is 13.6. The number of rotatable bonds is 4. The van der Waals surface area contributed by atoms with Crippen LogP contribution in [0.15, 0.2) is 18.2 Å². The number of nitrogens with two attached hydrogens (primary N) is 1. The van der Waals surface area contributed by atoms with Gasteiger partial charge in [-0.3, -0.25) is 4.79 Å². The lowest BCUT2D eigenvalue weighted by molar-refractivity contribution is 0.0931. The van der Waals surface area contributed by atoms with Gasteiger partial charge in [-0.1, -0.05) is 49.2 Å². The van der Waals surface area contributed by atoms with Crippen LogP contribution in [0.25, 0.3) is 0 Å². The van der Waals surface area contributed by atoms with Crippen molar-refractivity contribution in [1.82, 2.24) is 5.32 Å². The van der Waals surface area contributed by atoms with Crippen LogP contribution in [0.1, 0.15) is 53.6 Å². The summed E-state index contributed by atoms with van der Waals surface area (Å²) in [6, 6.07) is 5.66. The molecule has 0 aromatic heterocycles. The van der Waals surface area contributed by atoms with E-state index in [2.05, 4.69) is 5.32 Å². The van der Waals surface area contributed by atoms with Crippen molar-refractivity contribution in [3.05, 3.63) is 34.9 Å². The van der Waals surface area contributed by atoms with Gasteiger partial charge in [0.05, 0.1) is 11.0 Å². The van der Waals surface area contributed by atoms with Crippen molar-refractivity contribution >= 4 is 23.1 Å². The van der Waals surface area contributed by atoms with Crippen molar-refractivity contribution in [3.8, 4) is 0 Å². The molecule has 1 fully saturated rings. The van der Waals surface area contributed by atoms with Gasteiger partial charge in [-0.05, 0) is 44.2 Å². The quantitative estimate of drug-likeness (QED) is 0.839. The standard InChI is InChI=1S/C17H24N2OS/c1-11-8-9-14(12(2)10-11)17(20)19-15(16(18)21)13-6-4-3-5-7-13/h8-10,13,15H,3-7H2,1-2H3,(H2,18,21)(H,19,20). The fourth-order valence-corrected chi connectivity index (χ4v) is 3.43. The number of thiocarbonyl (C=S) groups is 1. The molecule has 1 aromatic rings. The van der Waals surface area contributed by atoms with Crippen LogP contribution in [-0.4, -0.2) is 16.9 Å². The first-order valence-electron chi connectivity index (χ1n) is 7.66. The first kappa shape index (κ1) is 16.0. The molecular formula is C17H24N2OS. The van der Waals surface area contributed by atoms with Crippen LogP contribution in [0, 0.1) is 19.8 Å². The van der Waals surface area contributed by atoms with Gasteiger partial charge in [0.1, 0.15) is 0 Å². The highest BCUT2D eigenvalue weighted by Gasteiger charge is 2.27. The second-order valence-electron chi connectivity index (χ2n) is 6.07. The van der Waals surface area contributed by atoms with Gasteiger partial charge in [-0.2, -0.15) is 0 Å². The van der Waals surface area contributed by atoms with Gasteiger partial charge in [0.25, 0.3) is 5.91 Å². The lowest BCUT2D eigenvalue weighted by atomic mass is 9.83. The molecule has 4 heteroatoms. The van der Waals surface area contributed by atoms with Crippen LogP contribution in [0.3, 0.4) is 0 Å². The van der Waals surface area contributed by atoms with Gasteiger partial charge >= 0.3 is 0 Å². The Morgan fingerprint density at radius 2 is 1.95 bits per heavy atom. The topological polar surface area (TPSA) is 55.1 Å². The number of nitrogens with one attached hydrogen (secondary N) is 1. The zero-order chi connectivity index (χ0) is 15.4. The van der Waals surface area contributed by atoms with Crippen molar-refractivity contribution in [2.45, 2.75) is 52.0 Å². The van der Waals surface area contributed by atoms with E-state index in [0.29, 0.717) is 16.5 Å². The van der Waals surface area contributed by atoms with E-state index in [4.69, 9.17) is 18.0 Å². The molecular weight excluding hydrogens is 280 g/mol. The Morgan fingerprint density at radius 1 is 1.29 bits per heavy atom. The molecule has 0 spiro atoms. The fourth-order valence-electron chi connectivity index (χ4n) is 3.18. The normalized spacial score (nSPS) is 17.2. The Bertz CT molecular complexity index is 536. The summed E-state index contributed by atoms with van der Waals surface area (Å²) in [7, 11) is 0. The van der Waals surface area contributed by atoms with Crippen molar-refractivity contribution < 1.29 is 4.79 Å². The molecule has 1 unspecified atom stereocenters. The molecule has 0 radical (unpaired) electrons. The number of carbonyl (C=O) groups is 1. The average molecular weight is 304 g/mol. The maximum Gasteiger partial charge on any atom is 0.252 e. The van der Waals surface area contributed by atoms with Gasteiger partial charge < -0.3 is 11.1 Å². The van der Waals surface area contributed by atoms with E-state index < -0.39 is 0 Å². The third-order valence-electron chi connectivity index (χ3n) is 4.34. The Labute approximate surface area is 132 Å². The van der Waals surface area contributed by atoms with Crippen LogP contribution in [0.4, 0.5) is 0 Å². The molecule has 21 heavy (non-hydrogen) atoms. The van der Waals surface area contributed by atoms with Crippen molar-refractivity contribution in [2.75, 3.05) is 0 Å². The Kier molecular flexibility index (Phi) is 5.34. The lowest BCUT2D eigenvalue weighted by Crippen LogP contribution is -2.49. The summed E-state index contributed by atoms with van der Waals surface area (Å²) >= 11 is 5.18. The molecule has 0 aliphatic heterocycles. The fraction of sp³-hybridized carbons (Fsp3) is 0.529. The largest absolute Gasteiger partial charge is 0.392 e. The van der Waals surface area contributed by atoms with E-state index in [9.17, 15) is 4.79 Å². The molecule has 0 saturated heterocycles. The molecule has 114 valence electrons. The smallest absolute Gasteiger partial charge is 0.252 e. The summed E-state index contributed by atoms with van der Waals surface area (Å²) in [5.41, 5.74) is 8.72. The Morgan fingerprint density at radius 3 is 2.52 bits per heavy atom. The monoisotopic (exact) mass is 304 g/mol. The Balaban J connectivity index is 2.12. The number of benzene rings is 1. The van der Waals surface area contributed by atoms with E-state index in [0.717, 1.165) is 24.0 Å². The SMILES string of the molecule is Cc1ccc(C(=O)NC(C(N)=S)C2CCCCC2)c(C)c1. The number of hydrogen-bond acceptors (Lipinski definition) is 2. The van der Waals surface area contributed by atoms with Crippen LogP contribution < -0.4 is 11.1 Å². The Hall–Kier alpha value is -1.42. The summed E-state index contributed by atoms with van der Waals surface area (Å²) < 4.78 is 0. The van der Waals surface area contributed by atoms with Gasteiger partial charge in [0.15, 0.2) is 0 Å². The maximum atomic E-state index is 12.5. The molecule has 1 atom stereocenters. The average Bonchev–Trinajstić information content (AvgIpc) is 2.45. The van der Waals surface area contributed by atoms with E-state index in [1.807, 2.05) is 32.0 Å². The van der Waals surface area contributed by atoms with Crippen molar-refractivity contribution in [1.29, 1.82) is 0 Å². The summed E-state index contributed by atoms with van der Waals surface area (Å²) in [4.78, 5) is 12.9. The van der Waals surface area contributed by atoms with E-state index in [-0.39, 0.29) is 11.9 Å². The summed E-state index contributed by atoms with van der Waals surface area (Å²) in [5.74, 6) is 0.307. The number of amides is 1. The van der Waals surface area contributed by atoms with Crippen LogP contribution in [-0.2, 0) is 0 Å². The molecule has 1 aliphatic rings. The molecule has 1 amide bonds. The molecule has 3 nitrogen and oxygen atoms in total. The first-order valence-corrected chi connectivity index (χ1v) is 8.07. The third-order valence-corrected chi connectivity index (χ3v) is 4.59. The van der Waals surface area contributed by atoms with E-state index in [1.165, 1.54) is 19.3 Å². The lowest BCUT2D eigenvalue weighted by Gasteiger charge is -2.30. The minimum absolute atomic E-state index is 0.0733. The van der Waals surface area contributed by atoms with Gasteiger partial charge in [-0.25, -0.2) is 0 Å². The van der Waals surface area contributed by atoms with Crippen molar-refractivity contribution in [2.24, 2.45) is 11.7 Å². The zero-order valence-electron chi connectivity index (χ0n) is 12.8. The number of aryl methyl sites for hydroxylation is 2. The third kappa shape index (κ3) is 4.03. The number of carbonyl (C=O) groups excluding carboxylic acids is 1. The molecule has 1 saturated carbocycles. The highest BCUT2D eigenvalue weighted by atomic mass is 32.1. The number of hydrogen-bond donors (Lipinski definition) is 2. The van der Waals surface area contributed by atoms with Gasteiger partial charge in [0, 0.05) is 5.56 Å². The van der Waals surface area contributed by atoms with E-state index in [1.54, 1.807) is 0 Å². The second-order valence-corrected chi connectivity index (χ2v) is 6.54. The van der Waals surface area contributed by atoms with Crippen LogP contribution in [0.2, 0.25) is 0 Å². The van der Waals surface area contributed by atoms with Gasteiger partial charge in [0.2, 0.25) is 0 Å². The van der Waals surface area contributed by atoms with Gasteiger partial charge in [-0.15, -0.1) is 0 Å². The molecule has 2 rings (SSSR count). The van der Waals surface area contributed by atoms with Crippen molar-refractivity contribution in [3.63, 3.8) is 0 Å². The molecule has 1 aromatic carbocycles. The van der Waals surface area contributed by atoms with Crippen LogP contribution in [0.5, 0.6) is 0 Å². The maximum absolute atomic E-state index is 12.5. The second kappa shape index (κ2) is 7.03. The summed E-state index contributed by atoms with van der Waals surface area (Å²) in [5, 5.41) is 3.06. The molecule has 1 aliphatic carbocycles. The minimum atomic E-state index is -0.187. The predicted octanol–water partition coefficient (Wildman–Crippen LogP) is 3.27. The molecule has 3 N–H and O–H groups in total. The highest BCUT2D eigenvalue weighted by Crippen LogP contribution is 2.27. The summed E-state index contributed by atoms with van der Waals surface area (Å²) in [6.45, 7) is 3.98. The molecule has 0 bridgehead atoms. The minimum Gasteiger partial charge on any atom is -0.392 e. The highest BCUT2D eigenvalue weighted by molar-refractivity contribution is 7.80. The van der Waals surface area contributed by atoms with E-state index >= 15 is 0 Å². The van der Waals surface area contributed by atoms with Crippen LogP contribution >= 0.6 is 12.2 Å². The first-order chi connectivity index (χ1) is 9.99. The predicted molar refractivity (Wildman–Crippen MR) is 90.5 cm³/mol. The molecule has 0 heterocycles. The summed E-state index contributed by atoms with van der Waals surface area (Å²) in [6.07, 6.45) is 5.85.